The molecule has 7 nitrogen and oxygen atoms in total. The number of ether oxygens (including phenoxy) is 1. The number of rotatable bonds is 5. The second kappa shape index (κ2) is 12.2. The van der Waals surface area contributed by atoms with Gasteiger partial charge in [0.1, 0.15) is 0 Å². The van der Waals surface area contributed by atoms with Crippen LogP contribution in [0.1, 0.15) is 33.1 Å². The summed E-state index contributed by atoms with van der Waals surface area (Å²) in [6.45, 7) is 14.7. The van der Waals surface area contributed by atoms with Crippen LogP contribution in [0.25, 0.3) is 0 Å². The van der Waals surface area contributed by atoms with Crippen LogP contribution < -0.4 is 5.32 Å². The van der Waals surface area contributed by atoms with Gasteiger partial charge in [0.25, 0.3) is 0 Å². The van der Waals surface area contributed by atoms with Crippen molar-refractivity contribution in [3.8, 4) is 0 Å². The van der Waals surface area contributed by atoms with Gasteiger partial charge in [-0.15, -0.1) is 24.0 Å². The van der Waals surface area contributed by atoms with Crippen molar-refractivity contribution in [3.63, 3.8) is 0 Å². The fourth-order valence-corrected chi connectivity index (χ4v) is 4.31. The molecule has 28 heavy (non-hydrogen) atoms. The third-order valence-electron chi connectivity index (χ3n) is 6.11. The smallest absolute Gasteiger partial charge is 0.219 e. The number of carbonyl (C=O) groups excluding carboxylic acids is 1. The summed E-state index contributed by atoms with van der Waals surface area (Å²) >= 11 is 0. The minimum Gasteiger partial charge on any atom is -0.381 e. The Morgan fingerprint density at radius 2 is 1.75 bits per heavy atom. The molecule has 0 aromatic heterocycles. The largest absolute Gasteiger partial charge is 0.381 e. The molecule has 0 aromatic rings. The molecule has 0 bridgehead atoms. The molecule has 0 saturated carbocycles. The Balaban J connectivity index is 0.00000280. The molecule has 3 rings (SSSR count). The van der Waals surface area contributed by atoms with E-state index in [0.717, 1.165) is 90.3 Å². The maximum atomic E-state index is 11.5. The number of hydrogen-bond acceptors (Lipinski definition) is 4. The van der Waals surface area contributed by atoms with E-state index in [1.54, 1.807) is 6.92 Å². The Hall–Kier alpha value is -0.610. The number of nitrogens with zero attached hydrogens (tertiary/aromatic N) is 4. The normalized spacial score (nSPS) is 24.9. The van der Waals surface area contributed by atoms with E-state index in [4.69, 9.17) is 9.73 Å². The van der Waals surface area contributed by atoms with Crippen LogP contribution >= 0.6 is 24.0 Å². The first-order chi connectivity index (χ1) is 13.2. The zero-order valence-corrected chi connectivity index (χ0v) is 19.9. The van der Waals surface area contributed by atoms with E-state index >= 15 is 0 Å². The number of carbonyl (C=O) groups is 1. The summed E-state index contributed by atoms with van der Waals surface area (Å²) in [6.07, 6.45) is 3.35. The van der Waals surface area contributed by atoms with Crippen molar-refractivity contribution in [2.45, 2.75) is 33.1 Å². The summed E-state index contributed by atoms with van der Waals surface area (Å²) in [4.78, 5) is 23.4. The molecule has 1 unspecified atom stereocenters. The first-order valence-electron chi connectivity index (χ1n) is 10.7. The molecule has 0 radical (unpaired) electrons. The highest BCUT2D eigenvalue weighted by atomic mass is 127. The highest BCUT2D eigenvalue weighted by molar-refractivity contribution is 14.0. The van der Waals surface area contributed by atoms with E-state index in [1.807, 2.05) is 4.90 Å². The fourth-order valence-electron chi connectivity index (χ4n) is 4.31. The Bertz CT molecular complexity index is 497. The molecule has 0 aliphatic carbocycles. The molecule has 0 spiro atoms. The van der Waals surface area contributed by atoms with Gasteiger partial charge in [0.05, 0.1) is 6.61 Å². The Kier molecular flexibility index (Phi) is 10.3. The van der Waals surface area contributed by atoms with Gasteiger partial charge in [-0.3, -0.25) is 14.7 Å². The SMILES string of the molecule is CCNC(=NCC1CCN(C(C)=O)CC1)N1CCN(CC2CCOC2)CC1.I. The molecule has 1 amide bonds. The summed E-state index contributed by atoms with van der Waals surface area (Å²) in [7, 11) is 0. The quantitative estimate of drug-likeness (QED) is 0.347. The van der Waals surface area contributed by atoms with E-state index in [9.17, 15) is 4.79 Å². The third kappa shape index (κ3) is 7.02. The van der Waals surface area contributed by atoms with E-state index in [1.165, 1.54) is 13.0 Å². The lowest BCUT2D eigenvalue weighted by Gasteiger charge is -2.37. The van der Waals surface area contributed by atoms with Crippen molar-refractivity contribution in [3.05, 3.63) is 0 Å². The van der Waals surface area contributed by atoms with Crippen LogP contribution in [0.4, 0.5) is 0 Å². The van der Waals surface area contributed by atoms with E-state index in [0.29, 0.717) is 5.92 Å². The number of nitrogens with one attached hydrogen (secondary N) is 1. The Morgan fingerprint density at radius 1 is 1.04 bits per heavy atom. The topological polar surface area (TPSA) is 60.4 Å². The predicted octanol–water partition coefficient (Wildman–Crippen LogP) is 1.48. The molecule has 3 aliphatic rings. The average molecular weight is 507 g/mol. The number of aliphatic imine (C=N–C) groups is 1. The van der Waals surface area contributed by atoms with Gasteiger partial charge in [0.2, 0.25) is 5.91 Å². The van der Waals surface area contributed by atoms with Crippen LogP contribution in [0.15, 0.2) is 4.99 Å². The standard InChI is InChI=1S/C20H37N5O2.HI/c1-3-21-20(22-14-18-4-7-24(8-5-18)17(2)26)25-11-9-23(10-12-25)15-19-6-13-27-16-19;/h18-19H,3-16H2,1-2H3,(H,21,22);1H. The monoisotopic (exact) mass is 507 g/mol. The maximum Gasteiger partial charge on any atom is 0.219 e. The second-order valence-electron chi connectivity index (χ2n) is 8.16. The zero-order valence-electron chi connectivity index (χ0n) is 17.6. The van der Waals surface area contributed by atoms with E-state index in [-0.39, 0.29) is 29.9 Å². The highest BCUT2D eigenvalue weighted by Gasteiger charge is 2.25. The number of amides is 1. The van der Waals surface area contributed by atoms with Gasteiger partial charge < -0.3 is 19.9 Å². The van der Waals surface area contributed by atoms with Crippen LogP contribution in [0.2, 0.25) is 0 Å². The van der Waals surface area contributed by atoms with Crippen molar-refractivity contribution < 1.29 is 9.53 Å². The maximum absolute atomic E-state index is 11.5. The van der Waals surface area contributed by atoms with Gasteiger partial charge in [-0.05, 0) is 38.0 Å². The van der Waals surface area contributed by atoms with E-state index < -0.39 is 0 Å². The van der Waals surface area contributed by atoms with Gasteiger partial charge in [-0.25, -0.2) is 0 Å². The Morgan fingerprint density at radius 3 is 2.32 bits per heavy atom. The molecule has 3 heterocycles. The van der Waals surface area contributed by atoms with Crippen molar-refractivity contribution in [1.82, 2.24) is 20.0 Å². The molecule has 162 valence electrons. The Labute approximate surface area is 187 Å². The molecular formula is C20H38IN5O2. The molecular weight excluding hydrogens is 469 g/mol. The van der Waals surface area contributed by atoms with Crippen LogP contribution in [0, 0.1) is 11.8 Å². The zero-order chi connectivity index (χ0) is 19.1. The molecule has 3 fully saturated rings. The van der Waals surface area contributed by atoms with Crippen LogP contribution in [0.3, 0.4) is 0 Å². The third-order valence-corrected chi connectivity index (χ3v) is 6.11. The summed E-state index contributed by atoms with van der Waals surface area (Å²) in [5, 5.41) is 3.48. The number of hydrogen-bond donors (Lipinski definition) is 1. The van der Waals surface area contributed by atoms with Crippen molar-refractivity contribution in [1.29, 1.82) is 0 Å². The minimum atomic E-state index is 0. The number of piperazine rings is 1. The lowest BCUT2D eigenvalue weighted by atomic mass is 9.97. The predicted molar refractivity (Wildman–Crippen MR) is 123 cm³/mol. The van der Waals surface area contributed by atoms with Gasteiger partial charge in [0, 0.05) is 72.4 Å². The van der Waals surface area contributed by atoms with Crippen molar-refractivity contribution in [2.24, 2.45) is 16.8 Å². The molecule has 0 aromatic carbocycles. The number of halogens is 1. The molecule has 3 saturated heterocycles. The number of piperidine rings is 1. The van der Waals surface area contributed by atoms with Crippen LogP contribution in [-0.2, 0) is 9.53 Å². The summed E-state index contributed by atoms with van der Waals surface area (Å²) in [5.74, 6) is 2.58. The van der Waals surface area contributed by atoms with Crippen LogP contribution in [0.5, 0.6) is 0 Å². The second-order valence-corrected chi connectivity index (χ2v) is 8.16. The van der Waals surface area contributed by atoms with Crippen molar-refractivity contribution in [2.75, 3.05) is 72.1 Å². The summed E-state index contributed by atoms with van der Waals surface area (Å²) < 4.78 is 5.51. The van der Waals surface area contributed by atoms with Gasteiger partial charge in [-0.1, -0.05) is 0 Å². The van der Waals surface area contributed by atoms with Crippen LogP contribution in [-0.4, -0.2) is 98.7 Å². The van der Waals surface area contributed by atoms with Gasteiger partial charge in [-0.2, -0.15) is 0 Å². The first kappa shape index (κ1) is 23.7. The lowest BCUT2D eigenvalue weighted by Crippen LogP contribution is -2.53. The number of likely N-dealkylation sites (tertiary alicyclic amines) is 1. The minimum absolute atomic E-state index is 0. The van der Waals surface area contributed by atoms with E-state index in [2.05, 4.69) is 22.0 Å². The van der Waals surface area contributed by atoms with Gasteiger partial charge >= 0.3 is 0 Å². The summed E-state index contributed by atoms with van der Waals surface area (Å²) in [5.41, 5.74) is 0. The number of guanidine groups is 1. The fraction of sp³-hybridized carbons (Fsp3) is 0.900. The molecule has 1 atom stereocenters. The average Bonchev–Trinajstić information content (AvgIpc) is 3.19. The lowest BCUT2D eigenvalue weighted by molar-refractivity contribution is -0.130. The molecule has 1 N–H and O–H groups in total. The highest BCUT2D eigenvalue weighted by Crippen LogP contribution is 2.18. The molecule has 8 heteroatoms. The molecule has 3 aliphatic heterocycles. The van der Waals surface area contributed by atoms with Crippen molar-refractivity contribution >= 4 is 35.8 Å². The van der Waals surface area contributed by atoms with Gasteiger partial charge in [0.15, 0.2) is 5.96 Å². The first-order valence-corrected chi connectivity index (χ1v) is 10.7. The summed E-state index contributed by atoms with van der Waals surface area (Å²) in [6, 6.07) is 0.